The molecule has 122 valence electrons. The smallest absolute Gasteiger partial charge is 0.347 e. The number of aryl methyl sites for hydroxylation is 2. The van der Waals surface area contributed by atoms with Gasteiger partial charge in [0.2, 0.25) is 5.75 Å². The lowest BCUT2D eigenvalue weighted by atomic mass is 10.1. The van der Waals surface area contributed by atoms with E-state index in [2.05, 4.69) is 0 Å². The third-order valence-electron chi connectivity index (χ3n) is 3.53. The van der Waals surface area contributed by atoms with Crippen LogP contribution >= 0.6 is 0 Å². The number of esters is 1. The van der Waals surface area contributed by atoms with Crippen LogP contribution in [-0.2, 0) is 0 Å². The molecular weight excluding hydrogens is 296 g/mol. The number of para-hydroxylation sites is 1. The highest BCUT2D eigenvalue weighted by Crippen LogP contribution is 2.40. The number of methoxy groups -OCH3 is 3. The lowest BCUT2D eigenvalue weighted by Gasteiger charge is -2.16. The highest BCUT2D eigenvalue weighted by molar-refractivity contribution is 5.95. The standard InChI is InChI=1S/C18H20O5/c1-11-7-6-8-12(2)15(11)23-18(19)13-9-10-14(20-3)17(22-5)16(13)21-4/h6-10H,1-5H3. The SMILES string of the molecule is COc1ccc(C(=O)Oc2c(C)cccc2C)c(OC)c1OC. The normalized spacial score (nSPS) is 10.1. The van der Waals surface area contributed by atoms with E-state index in [1.54, 1.807) is 12.1 Å². The van der Waals surface area contributed by atoms with E-state index in [9.17, 15) is 4.79 Å². The van der Waals surface area contributed by atoms with E-state index in [0.29, 0.717) is 17.2 Å². The van der Waals surface area contributed by atoms with Crippen molar-refractivity contribution < 1.29 is 23.7 Å². The summed E-state index contributed by atoms with van der Waals surface area (Å²) in [4.78, 5) is 12.6. The van der Waals surface area contributed by atoms with Crippen LogP contribution < -0.4 is 18.9 Å². The maximum atomic E-state index is 12.6. The van der Waals surface area contributed by atoms with Crippen LogP contribution in [0.5, 0.6) is 23.0 Å². The zero-order chi connectivity index (χ0) is 17.0. The van der Waals surface area contributed by atoms with Gasteiger partial charge in [-0.25, -0.2) is 4.79 Å². The molecule has 0 atom stereocenters. The van der Waals surface area contributed by atoms with Crippen molar-refractivity contribution in [1.82, 2.24) is 0 Å². The Hall–Kier alpha value is -2.69. The molecule has 0 saturated heterocycles. The van der Waals surface area contributed by atoms with Crippen molar-refractivity contribution in [2.45, 2.75) is 13.8 Å². The Kier molecular flexibility index (Phi) is 5.11. The van der Waals surface area contributed by atoms with E-state index in [-0.39, 0.29) is 11.3 Å². The molecule has 0 aromatic heterocycles. The number of carbonyl (C=O) groups is 1. The van der Waals surface area contributed by atoms with Gasteiger partial charge in [0.1, 0.15) is 11.3 Å². The first-order valence-electron chi connectivity index (χ1n) is 7.10. The van der Waals surface area contributed by atoms with Gasteiger partial charge in [0.25, 0.3) is 0 Å². The van der Waals surface area contributed by atoms with Gasteiger partial charge in [0, 0.05) is 0 Å². The number of rotatable bonds is 5. The van der Waals surface area contributed by atoms with Crippen molar-refractivity contribution in [3.63, 3.8) is 0 Å². The Labute approximate surface area is 135 Å². The summed E-state index contributed by atoms with van der Waals surface area (Å²) >= 11 is 0. The molecule has 0 N–H and O–H groups in total. The van der Waals surface area contributed by atoms with E-state index in [1.807, 2.05) is 32.0 Å². The average molecular weight is 316 g/mol. The predicted molar refractivity (Wildman–Crippen MR) is 87.0 cm³/mol. The quantitative estimate of drug-likeness (QED) is 0.624. The maximum absolute atomic E-state index is 12.6. The molecule has 2 aromatic carbocycles. The Morgan fingerprint density at radius 2 is 1.39 bits per heavy atom. The van der Waals surface area contributed by atoms with Gasteiger partial charge in [-0.05, 0) is 37.1 Å². The number of benzene rings is 2. The molecule has 0 bridgehead atoms. The summed E-state index contributed by atoms with van der Waals surface area (Å²) < 4.78 is 21.4. The van der Waals surface area contributed by atoms with Crippen molar-refractivity contribution in [2.75, 3.05) is 21.3 Å². The van der Waals surface area contributed by atoms with Gasteiger partial charge in [0.15, 0.2) is 11.5 Å². The minimum Gasteiger partial charge on any atom is -0.493 e. The first-order chi connectivity index (χ1) is 11.0. The van der Waals surface area contributed by atoms with Gasteiger partial charge in [-0.2, -0.15) is 0 Å². The third-order valence-corrected chi connectivity index (χ3v) is 3.53. The fourth-order valence-electron chi connectivity index (χ4n) is 2.37. The number of ether oxygens (including phenoxy) is 4. The Bertz CT molecular complexity index is 701. The van der Waals surface area contributed by atoms with Gasteiger partial charge in [-0.15, -0.1) is 0 Å². The van der Waals surface area contributed by atoms with Crippen LogP contribution in [0.4, 0.5) is 0 Å². The second-order valence-electron chi connectivity index (χ2n) is 4.99. The topological polar surface area (TPSA) is 54.0 Å². The van der Waals surface area contributed by atoms with Crippen LogP contribution in [0.25, 0.3) is 0 Å². The summed E-state index contributed by atoms with van der Waals surface area (Å²) in [6, 6.07) is 8.93. The number of carbonyl (C=O) groups excluding carboxylic acids is 1. The molecule has 0 aliphatic rings. The molecule has 0 saturated carbocycles. The predicted octanol–water partition coefficient (Wildman–Crippen LogP) is 3.55. The summed E-state index contributed by atoms with van der Waals surface area (Å²) in [5.41, 5.74) is 2.04. The molecule has 2 aromatic rings. The zero-order valence-corrected chi connectivity index (χ0v) is 13.9. The molecular formula is C18H20O5. The fraction of sp³-hybridized carbons (Fsp3) is 0.278. The highest BCUT2D eigenvalue weighted by Gasteiger charge is 2.23. The van der Waals surface area contributed by atoms with Crippen molar-refractivity contribution in [1.29, 1.82) is 0 Å². The number of hydrogen-bond acceptors (Lipinski definition) is 5. The molecule has 0 radical (unpaired) electrons. The van der Waals surface area contributed by atoms with Crippen molar-refractivity contribution >= 4 is 5.97 Å². The van der Waals surface area contributed by atoms with Crippen LogP contribution in [0, 0.1) is 13.8 Å². The molecule has 0 fully saturated rings. The average Bonchev–Trinajstić information content (AvgIpc) is 2.56. The first kappa shape index (κ1) is 16.7. The van der Waals surface area contributed by atoms with Crippen molar-refractivity contribution in [3.05, 3.63) is 47.0 Å². The van der Waals surface area contributed by atoms with Gasteiger partial charge in [-0.3, -0.25) is 0 Å². The molecule has 0 aliphatic heterocycles. The third kappa shape index (κ3) is 3.23. The molecule has 5 heteroatoms. The van der Waals surface area contributed by atoms with Crippen LogP contribution in [0.2, 0.25) is 0 Å². The lowest BCUT2D eigenvalue weighted by Crippen LogP contribution is -2.12. The van der Waals surface area contributed by atoms with Gasteiger partial charge < -0.3 is 18.9 Å². The monoisotopic (exact) mass is 316 g/mol. The second-order valence-corrected chi connectivity index (χ2v) is 4.99. The minimum atomic E-state index is -0.514. The molecule has 0 aliphatic carbocycles. The second kappa shape index (κ2) is 7.05. The number of hydrogen-bond donors (Lipinski definition) is 0. The molecule has 0 spiro atoms. The van der Waals surface area contributed by atoms with E-state index >= 15 is 0 Å². The van der Waals surface area contributed by atoms with Crippen LogP contribution in [0.3, 0.4) is 0 Å². The van der Waals surface area contributed by atoms with Crippen LogP contribution in [0.15, 0.2) is 30.3 Å². The summed E-state index contributed by atoms with van der Waals surface area (Å²) in [6.45, 7) is 3.78. The lowest BCUT2D eigenvalue weighted by molar-refractivity contribution is 0.0728. The van der Waals surface area contributed by atoms with Crippen molar-refractivity contribution in [2.24, 2.45) is 0 Å². The van der Waals surface area contributed by atoms with Gasteiger partial charge in [-0.1, -0.05) is 18.2 Å². The molecule has 23 heavy (non-hydrogen) atoms. The minimum absolute atomic E-state index is 0.271. The van der Waals surface area contributed by atoms with E-state index in [1.165, 1.54) is 21.3 Å². The molecule has 2 rings (SSSR count). The summed E-state index contributed by atoms with van der Waals surface area (Å²) in [6.07, 6.45) is 0. The Morgan fingerprint density at radius 3 is 1.91 bits per heavy atom. The fourth-order valence-corrected chi connectivity index (χ4v) is 2.37. The van der Waals surface area contributed by atoms with Crippen LogP contribution in [-0.4, -0.2) is 27.3 Å². The van der Waals surface area contributed by atoms with Crippen LogP contribution in [0.1, 0.15) is 21.5 Å². The molecule has 0 heterocycles. The maximum Gasteiger partial charge on any atom is 0.347 e. The summed E-state index contributed by atoms with van der Waals surface area (Å²) in [7, 11) is 4.47. The Balaban J connectivity index is 2.44. The van der Waals surface area contributed by atoms with Gasteiger partial charge >= 0.3 is 5.97 Å². The van der Waals surface area contributed by atoms with E-state index in [0.717, 1.165) is 11.1 Å². The van der Waals surface area contributed by atoms with E-state index < -0.39 is 5.97 Å². The van der Waals surface area contributed by atoms with E-state index in [4.69, 9.17) is 18.9 Å². The summed E-state index contributed by atoms with van der Waals surface area (Å²) in [5, 5.41) is 0. The van der Waals surface area contributed by atoms with Gasteiger partial charge in [0.05, 0.1) is 21.3 Å². The first-order valence-corrected chi connectivity index (χ1v) is 7.10. The Morgan fingerprint density at radius 1 is 0.783 bits per heavy atom. The summed E-state index contributed by atoms with van der Waals surface area (Å²) in [5.74, 6) is 1.15. The zero-order valence-electron chi connectivity index (χ0n) is 13.9. The largest absolute Gasteiger partial charge is 0.493 e. The molecule has 5 nitrogen and oxygen atoms in total. The van der Waals surface area contributed by atoms with Crippen molar-refractivity contribution in [3.8, 4) is 23.0 Å². The molecule has 0 unspecified atom stereocenters. The highest BCUT2D eigenvalue weighted by atomic mass is 16.5. The molecule has 0 amide bonds.